The molecule has 2 rings (SSSR count). The average Bonchev–Trinajstić information content (AvgIpc) is 2.55. The number of rotatable bonds is 7. The minimum absolute atomic E-state index is 0.652. The Morgan fingerprint density at radius 2 is 2.24 bits per heavy atom. The fourth-order valence-electron chi connectivity index (χ4n) is 2.38. The Hall–Kier alpha value is -1.61. The van der Waals surface area contributed by atoms with Gasteiger partial charge in [0.25, 0.3) is 0 Å². The van der Waals surface area contributed by atoms with Gasteiger partial charge >= 0.3 is 0 Å². The van der Waals surface area contributed by atoms with E-state index in [1.807, 2.05) is 13.4 Å². The van der Waals surface area contributed by atoms with Gasteiger partial charge in [0, 0.05) is 32.4 Å². The maximum absolute atomic E-state index is 4.52. The van der Waals surface area contributed by atoms with Crippen molar-refractivity contribution in [2.24, 2.45) is 10.9 Å². The van der Waals surface area contributed by atoms with Gasteiger partial charge in [0.2, 0.25) is 0 Å². The van der Waals surface area contributed by atoms with Crippen LogP contribution in [0.3, 0.4) is 0 Å². The third-order valence-electron chi connectivity index (χ3n) is 3.96. The Morgan fingerprint density at radius 1 is 1.33 bits per heavy atom. The van der Waals surface area contributed by atoms with Crippen molar-refractivity contribution in [3.63, 3.8) is 0 Å². The summed E-state index contributed by atoms with van der Waals surface area (Å²) in [5, 5.41) is 3.57. The van der Waals surface area contributed by atoms with Crippen LogP contribution >= 0.6 is 0 Å². The molecule has 21 heavy (non-hydrogen) atoms. The van der Waals surface area contributed by atoms with Crippen LogP contribution in [0.1, 0.15) is 26.2 Å². The molecular formula is C18H27N3. The summed E-state index contributed by atoms with van der Waals surface area (Å²) in [6.07, 6.45) is 18.4. The second kappa shape index (κ2) is 8.63. The summed E-state index contributed by atoms with van der Waals surface area (Å²) in [6, 6.07) is 0. The maximum atomic E-state index is 4.52. The van der Waals surface area contributed by atoms with Gasteiger partial charge in [-0.3, -0.25) is 0 Å². The van der Waals surface area contributed by atoms with Crippen LogP contribution in [0.4, 0.5) is 0 Å². The van der Waals surface area contributed by atoms with E-state index < -0.39 is 0 Å². The summed E-state index contributed by atoms with van der Waals surface area (Å²) in [5.74, 6) is 0.652. The van der Waals surface area contributed by atoms with E-state index in [0.29, 0.717) is 5.92 Å². The van der Waals surface area contributed by atoms with E-state index >= 15 is 0 Å². The molecule has 1 unspecified atom stereocenters. The van der Waals surface area contributed by atoms with Crippen LogP contribution < -0.4 is 5.32 Å². The van der Waals surface area contributed by atoms with Gasteiger partial charge in [-0.15, -0.1) is 0 Å². The lowest BCUT2D eigenvalue weighted by Gasteiger charge is -2.17. The Labute approximate surface area is 128 Å². The average molecular weight is 285 g/mol. The second-order valence-corrected chi connectivity index (χ2v) is 5.74. The molecule has 0 heterocycles. The summed E-state index contributed by atoms with van der Waals surface area (Å²) in [7, 11) is 2.05. The van der Waals surface area contributed by atoms with Gasteiger partial charge in [0.15, 0.2) is 0 Å². The van der Waals surface area contributed by atoms with Crippen molar-refractivity contribution in [2.75, 3.05) is 26.7 Å². The number of hydrogen-bond donors (Lipinski definition) is 1. The lowest BCUT2D eigenvalue weighted by atomic mass is 10.00. The molecule has 0 radical (unpaired) electrons. The van der Waals surface area contributed by atoms with E-state index in [0.717, 1.165) is 38.9 Å². The molecule has 0 spiro atoms. The number of allylic oxidation sites excluding steroid dienone is 6. The Morgan fingerprint density at radius 3 is 2.90 bits per heavy atom. The minimum atomic E-state index is 0.652. The van der Waals surface area contributed by atoms with Gasteiger partial charge in [-0.25, -0.2) is 4.99 Å². The van der Waals surface area contributed by atoms with Crippen LogP contribution in [0.2, 0.25) is 0 Å². The molecule has 0 saturated carbocycles. The zero-order chi connectivity index (χ0) is 14.9. The fraction of sp³-hybridized carbons (Fsp3) is 0.500. The number of nitrogens with one attached hydrogen (secondary N) is 1. The topological polar surface area (TPSA) is 27.6 Å². The predicted molar refractivity (Wildman–Crippen MR) is 91.5 cm³/mol. The van der Waals surface area contributed by atoms with Crippen molar-refractivity contribution in [1.29, 1.82) is 0 Å². The first-order valence-electron chi connectivity index (χ1n) is 7.95. The zero-order valence-corrected chi connectivity index (χ0v) is 13.3. The van der Waals surface area contributed by atoms with Crippen molar-refractivity contribution in [2.45, 2.75) is 26.2 Å². The number of hydrogen-bond acceptors (Lipinski definition) is 2. The standard InChI is InChI=1S/C18H27N3/c1-3-21(2)15-20-18-11-9-17(10-12-18)14-19-13-16-7-5-4-6-8-16/h4-7,9,11,15-16,19H,3,8,10,12-14H2,1-2H3. The largest absolute Gasteiger partial charge is 0.366 e. The summed E-state index contributed by atoms with van der Waals surface area (Å²) >= 11 is 0. The highest BCUT2D eigenvalue weighted by Gasteiger charge is 2.08. The highest BCUT2D eigenvalue weighted by Crippen LogP contribution is 2.18. The van der Waals surface area contributed by atoms with Crippen LogP contribution in [0.25, 0.3) is 0 Å². The molecule has 3 nitrogen and oxygen atoms in total. The number of nitrogens with zero attached hydrogens (tertiary/aromatic N) is 2. The summed E-state index contributed by atoms with van der Waals surface area (Å²) in [4.78, 5) is 6.61. The molecule has 0 bridgehead atoms. The van der Waals surface area contributed by atoms with Gasteiger partial charge in [0.1, 0.15) is 0 Å². The van der Waals surface area contributed by atoms with E-state index in [1.54, 1.807) is 0 Å². The minimum Gasteiger partial charge on any atom is -0.366 e. The molecule has 1 atom stereocenters. The molecule has 0 fully saturated rings. The third-order valence-corrected chi connectivity index (χ3v) is 3.96. The monoisotopic (exact) mass is 285 g/mol. The molecule has 114 valence electrons. The molecule has 0 saturated heterocycles. The molecule has 2 aliphatic carbocycles. The summed E-state index contributed by atoms with van der Waals surface area (Å²) in [5.41, 5.74) is 2.66. The normalized spacial score (nSPS) is 21.5. The van der Waals surface area contributed by atoms with E-state index in [-0.39, 0.29) is 0 Å². The molecule has 0 aromatic rings. The highest BCUT2D eigenvalue weighted by molar-refractivity contribution is 5.56. The van der Waals surface area contributed by atoms with Gasteiger partial charge < -0.3 is 10.2 Å². The van der Waals surface area contributed by atoms with Crippen molar-refractivity contribution in [1.82, 2.24) is 10.2 Å². The summed E-state index contributed by atoms with van der Waals surface area (Å²) < 4.78 is 0. The van der Waals surface area contributed by atoms with E-state index in [4.69, 9.17) is 0 Å². The fourth-order valence-corrected chi connectivity index (χ4v) is 2.38. The maximum Gasteiger partial charge on any atom is 0.0905 e. The molecule has 0 aromatic heterocycles. The molecule has 0 aliphatic heterocycles. The SMILES string of the molecule is CCN(C)C=NC1=CC=C(CNCC2C=CC=CC2)CC1. The molecule has 3 heteroatoms. The Balaban J connectivity index is 1.71. The number of aliphatic imine (C=N–C) groups is 1. The van der Waals surface area contributed by atoms with E-state index in [9.17, 15) is 0 Å². The smallest absolute Gasteiger partial charge is 0.0905 e. The van der Waals surface area contributed by atoms with Crippen LogP contribution in [0.5, 0.6) is 0 Å². The zero-order valence-electron chi connectivity index (χ0n) is 13.3. The highest BCUT2D eigenvalue weighted by atomic mass is 15.1. The van der Waals surface area contributed by atoms with Gasteiger partial charge in [0.05, 0.1) is 6.34 Å². The van der Waals surface area contributed by atoms with Crippen LogP contribution in [0, 0.1) is 5.92 Å². The first-order chi connectivity index (χ1) is 10.3. The first-order valence-corrected chi connectivity index (χ1v) is 7.95. The van der Waals surface area contributed by atoms with Crippen LogP contribution in [-0.4, -0.2) is 37.9 Å². The molecule has 0 amide bonds. The van der Waals surface area contributed by atoms with Crippen molar-refractivity contribution in [3.8, 4) is 0 Å². The molecular weight excluding hydrogens is 258 g/mol. The lowest BCUT2D eigenvalue weighted by molar-refractivity contribution is 0.550. The van der Waals surface area contributed by atoms with Crippen LogP contribution in [0.15, 0.2) is 52.7 Å². The van der Waals surface area contributed by atoms with Gasteiger partial charge in [-0.05, 0) is 38.2 Å². The van der Waals surface area contributed by atoms with Crippen molar-refractivity contribution >= 4 is 6.34 Å². The quantitative estimate of drug-likeness (QED) is 0.574. The Kier molecular flexibility index (Phi) is 6.48. The second-order valence-electron chi connectivity index (χ2n) is 5.74. The molecule has 2 aliphatic rings. The first kappa shape index (κ1) is 15.8. The summed E-state index contributed by atoms with van der Waals surface area (Å²) in [6.45, 7) is 5.18. The van der Waals surface area contributed by atoms with Crippen LogP contribution in [-0.2, 0) is 0 Å². The van der Waals surface area contributed by atoms with Crippen molar-refractivity contribution in [3.05, 3.63) is 47.7 Å². The van der Waals surface area contributed by atoms with Gasteiger partial charge in [-0.1, -0.05) is 36.0 Å². The predicted octanol–water partition coefficient (Wildman–Crippen LogP) is 3.29. The van der Waals surface area contributed by atoms with E-state index in [1.165, 1.54) is 11.3 Å². The Bertz CT molecular complexity index is 469. The van der Waals surface area contributed by atoms with Gasteiger partial charge in [-0.2, -0.15) is 0 Å². The molecule has 0 aromatic carbocycles. The van der Waals surface area contributed by atoms with E-state index in [2.05, 4.69) is 58.6 Å². The third kappa shape index (κ3) is 5.72. The lowest BCUT2D eigenvalue weighted by Crippen LogP contribution is -2.24. The molecule has 1 N–H and O–H groups in total. The van der Waals surface area contributed by atoms with Crippen molar-refractivity contribution < 1.29 is 0 Å².